The van der Waals surface area contributed by atoms with E-state index in [4.69, 9.17) is 10.6 Å². The third-order valence-electron chi connectivity index (χ3n) is 2.53. The lowest BCUT2D eigenvalue weighted by atomic mass is 10.2. The first-order chi connectivity index (χ1) is 9.38. The maximum atomic E-state index is 11.6. The molecule has 1 aromatic rings. The zero-order chi connectivity index (χ0) is 15.0. The molecule has 1 aliphatic rings. The highest BCUT2D eigenvalue weighted by atomic mass is 16.6. The number of nitrogens with zero attached hydrogens (tertiary/aromatic N) is 3. The van der Waals surface area contributed by atoms with E-state index in [9.17, 15) is 4.79 Å². The van der Waals surface area contributed by atoms with E-state index in [1.54, 1.807) is 22.3 Å². The van der Waals surface area contributed by atoms with Crippen LogP contribution in [0.15, 0.2) is 30.6 Å². The van der Waals surface area contributed by atoms with Crippen molar-refractivity contribution >= 4 is 6.09 Å². The highest BCUT2D eigenvalue weighted by Crippen LogP contribution is 2.10. The lowest BCUT2D eigenvalue weighted by molar-refractivity contribution is 0.0145. The van der Waals surface area contributed by atoms with E-state index in [2.05, 4.69) is 4.98 Å². The van der Waals surface area contributed by atoms with Crippen molar-refractivity contribution in [2.24, 2.45) is 5.84 Å². The third-order valence-corrected chi connectivity index (χ3v) is 2.53. The summed E-state index contributed by atoms with van der Waals surface area (Å²) >= 11 is 0. The molecule has 0 saturated carbocycles. The van der Waals surface area contributed by atoms with Crippen LogP contribution in [-0.4, -0.2) is 52.8 Å². The van der Waals surface area contributed by atoms with Crippen molar-refractivity contribution in [1.82, 2.24) is 14.9 Å². The molecule has 0 aliphatic carbocycles. The Balaban J connectivity index is 0.000000276. The van der Waals surface area contributed by atoms with Gasteiger partial charge < -0.3 is 9.64 Å². The number of amides is 1. The van der Waals surface area contributed by atoms with Gasteiger partial charge in [0.05, 0.1) is 0 Å². The molecule has 1 saturated heterocycles. The lowest BCUT2D eigenvalue weighted by Gasteiger charge is -2.33. The number of carbonyl (C=O) groups is 1. The van der Waals surface area contributed by atoms with Crippen LogP contribution in [0.5, 0.6) is 0 Å². The topological polar surface area (TPSA) is 71.7 Å². The molecule has 0 radical (unpaired) electrons. The van der Waals surface area contributed by atoms with Crippen LogP contribution >= 0.6 is 0 Å². The van der Waals surface area contributed by atoms with Crippen molar-refractivity contribution in [2.75, 3.05) is 26.2 Å². The number of hydrogen-bond donors (Lipinski definition) is 1. The number of hydrogen-bond acceptors (Lipinski definition) is 5. The molecule has 0 unspecified atom stereocenters. The minimum Gasteiger partial charge on any atom is -0.444 e. The van der Waals surface area contributed by atoms with Gasteiger partial charge in [0.15, 0.2) is 0 Å². The first kappa shape index (κ1) is 16.4. The number of nitrogens with two attached hydrogens (primary N) is 1. The van der Waals surface area contributed by atoms with Gasteiger partial charge in [-0.05, 0) is 32.9 Å². The predicted molar refractivity (Wildman–Crippen MR) is 77.8 cm³/mol. The molecule has 112 valence electrons. The van der Waals surface area contributed by atoms with Crippen LogP contribution in [0, 0.1) is 0 Å². The highest BCUT2D eigenvalue weighted by Gasteiger charge is 2.24. The number of carbonyl (C=O) groups excluding carboxylic acids is 1. The molecule has 0 atom stereocenters. The molecule has 1 aliphatic heterocycles. The summed E-state index contributed by atoms with van der Waals surface area (Å²) < 4.78 is 5.24. The first-order valence-corrected chi connectivity index (χ1v) is 6.71. The van der Waals surface area contributed by atoms with Crippen molar-refractivity contribution in [3.63, 3.8) is 0 Å². The van der Waals surface area contributed by atoms with E-state index < -0.39 is 5.60 Å². The SMILES string of the molecule is CC(C)(C)OC(=O)N1CCN(N)CC1.c1ccncc1. The Morgan fingerprint density at radius 3 is 2.00 bits per heavy atom. The van der Waals surface area contributed by atoms with E-state index >= 15 is 0 Å². The number of pyridine rings is 1. The molecular weight excluding hydrogens is 256 g/mol. The number of piperazine rings is 1. The van der Waals surface area contributed by atoms with Gasteiger partial charge >= 0.3 is 6.09 Å². The predicted octanol–water partition coefficient (Wildman–Crippen LogP) is 1.49. The van der Waals surface area contributed by atoms with E-state index in [-0.39, 0.29) is 6.09 Å². The second-order valence-electron chi connectivity index (χ2n) is 5.53. The average molecular weight is 280 g/mol. The Morgan fingerprint density at radius 2 is 1.65 bits per heavy atom. The van der Waals surface area contributed by atoms with Gasteiger partial charge in [0.2, 0.25) is 0 Å². The summed E-state index contributed by atoms with van der Waals surface area (Å²) in [4.78, 5) is 17.0. The van der Waals surface area contributed by atoms with Crippen molar-refractivity contribution in [1.29, 1.82) is 0 Å². The number of ether oxygens (including phenoxy) is 1. The van der Waals surface area contributed by atoms with Gasteiger partial charge in [0.1, 0.15) is 5.60 Å². The van der Waals surface area contributed by atoms with Gasteiger partial charge in [-0.1, -0.05) is 6.07 Å². The molecule has 6 heteroatoms. The summed E-state index contributed by atoms with van der Waals surface area (Å²) in [6.07, 6.45) is 3.26. The average Bonchev–Trinajstić information content (AvgIpc) is 2.40. The van der Waals surface area contributed by atoms with Crippen LogP contribution in [0.2, 0.25) is 0 Å². The lowest BCUT2D eigenvalue weighted by Crippen LogP contribution is -2.52. The van der Waals surface area contributed by atoms with Crippen LogP contribution in [0.3, 0.4) is 0 Å². The molecule has 20 heavy (non-hydrogen) atoms. The molecular formula is C14H24N4O2. The Bertz CT molecular complexity index is 357. The summed E-state index contributed by atoms with van der Waals surface area (Å²) in [5.74, 6) is 5.58. The molecule has 0 aromatic carbocycles. The van der Waals surface area contributed by atoms with Crippen LogP contribution in [0.1, 0.15) is 20.8 Å². The fourth-order valence-corrected chi connectivity index (χ4v) is 1.54. The van der Waals surface area contributed by atoms with Gasteiger partial charge in [0.25, 0.3) is 0 Å². The fourth-order valence-electron chi connectivity index (χ4n) is 1.54. The maximum absolute atomic E-state index is 11.6. The Labute approximate surface area is 120 Å². The molecule has 2 heterocycles. The third kappa shape index (κ3) is 7.06. The number of hydrazine groups is 1. The monoisotopic (exact) mass is 280 g/mol. The summed E-state index contributed by atoms with van der Waals surface area (Å²) in [5, 5.41) is 1.71. The largest absolute Gasteiger partial charge is 0.444 e. The van der Waals surface area contributed by atoms with E-state index in [1.807, 2.05) is 39.0 Å². The molecule has 0 bridgehead atoms. The van der Waals surface area contributed by atoms with Crippen molar-refractivity contribution in [3.05, 3.63) is 30.6 Å². The zero-order valence-electron chi connectivity index (χ0n) is 12.5. The molecule has 1 fully saturated rings. The summed E-state index contributed by atoms with van der Waals surface area (Å²) in [5.41, 5.74) is -0.420. The van der Waals surface area contributed by atoms with Crippen molar-refractivity contribution in [2.45, 2.75) is 26.4 Å². The van der Waals surface area contributed by atoms with E-state index in [1.165, 1.54) is 0 Å². The van der Waals surface area contributed by atoms with Crippen LogP contribution in [0.4, 0.5) is 4.79 Å². The molecule has 1 aromatic heterocycles. The first-order valence-electron chi connectivity index (χ1n) is 6.71. The number of aromatic nitrogens is 1. The molecule has 0 spiro atoms. The molecule has 2 N–H and O–H groups in total. The maximum Gasteiger partial charge on any atom is 0.410 e. The standard InChI is InChI=1S/C9H19N3O2.C5H5N/c1-9(2,3)14-8(13)11-4-6-12(10)7-5-11;1-2-4-6-5-3-1/h4-7,10H2,1-3H3;1-5H. The van der Waals surface area contributed by atoms with Crippen LogP contribution < -0.4 is 5.84 Å². The molecule has 6 nitrogen and oxygen atoms in total. The van der Waals surface area contributed by atoms with Gasteiger partial charge in [-0.2, -0.15) is 0 Å². The Hall–Kier alpha value is -1.66. The zero-order valence-corrected chi connectivity index (χ0v) is 12.5. The van der Waals surface area contributed by atoms with Crippen LogP contribution in [-0.2, 0) is 4.74 Å². The normalized spacial score (nSPS) is 16.1. The second kappa shape index (κ2) is 7.81. The highest BCUT2D eigenvalue weighted by molar-refractivity contribution is 5.68. The van der Waals surface area contributed by atoms with Gasteiger partial charge in [-0.15, -0.1) is 0 Å². The summed E-state index contributed by atoms with van der Waals surface area (Å²) in [6, 6.07) is 5.72. The Morgan fingerprint density at radius 1 is 1.10 bits per heavy atom. The van der Waals surface area contributed by atoms with Crippen molar-refractivity contribution in [3.8, 4) is 0 Å². The van der Waals surface area contributed by atoms with Gasteiger partial charge in [-0.3, -0.25) is 10.8 Å². The van der Waals surface area contributed by atoms with Gasteiger partial charge in [0, 0.05) is 38.6 Å². The fraction of sp³-hybridized carbons (Fsp3) is 0.571. The summed E-state index contributed by atoms with van der Waals surface area (Å²) in [6.45, 7) is 8.30. The van der Waals surface area contributed by atoms with E-state index in [0.717, 1.165) is 0 Å². The smallest absolute Gasteiger partial charge is 0.410 e. The van der Waals surface area contributed by atoms with Crippen molar-refractivity contribution < 1.29 is 9.53 Å². The minimum absolute atomic E-state index is 0.245. The van der Waals surface area contributed by atoms with Gasteiger partial charge in [-0.25, -0.2) is 9.80 Å². The van der Waals surface area contributed by atoms with Crippen LogP contribution in [0.25, 0.3) is 0 Å². The quantitative estimate of drug-likeness (QED) is 0.729. The molecule has 2 rings (SSSR count). The second-order valence-corrected chi connectivity index (χ2v) is 5.53. The van der Waals surface area contributed by atoms with E-state index in [0.29, 0.717) is 26.2 Å². The summed E-state index contributed by atoms with van der Waals surface area (Å²) in [7, 11) is 0. The Kier molecular flexibility index (Phi) is 6.41. The molecule has 1 amide bonds. The minimum atomic E-state index is -0.420. The number of rotatable bonds is 0.